The average Bonchev–Trinajstić information content (AvgIpc) is 3.29. The Labute approximate surface area is 235 Å². The Balaban J connectivity index is 2.10. The van der Waals surface area contributed by atoms with Gasteiger partial charge in [0, 0.05) is 25.5 Å². The van der Waals surface area contributed by atoms with Gasteiger partial charge >= 0.3 is 0 Å². The Morgan fingerprint density at radius 2 is 0.622 bits per heavy atom. The molecule has 1 aliphatic rings. The molecule has 0 aromatic carbocycles. The Hall–Kier alpha value is -0.660. The van der Waals surface area contributed by atoms with Gasteiger partial charge in [0.05, 0.1) is 0 Å². The second-order valence-electron chi connectivity index (χ2n) is 12.2. The molecule has 1 rings (SSSR count). The van der Waals surface area contributed by atoms with Gasteiger partial charge in [-0.15, -0.1) is 0 Å². The second-order valence-corrected chi connectivity index (χ2v) is 12.2. The van der Waals surface area contributed by atoms with Crippen molar-refractivity contribution in [3.63, 3.8) is 0 Å². The third kappa shape index (κ3) is 20.0. The lowest BCUT2D eigenvalue weighted by Gasteiger charge is -2.33. The van der Waals surface area contributed by atoms with Crippen LogP contribution < -0.4 is 0 Å². The fraction of sp³-hybridized carbons (Fsp3) is 0.943. The molecule has 220 valence electrons. The van der Waals surface area contributed by atoms with Gasteiger partial charge in [0.2, 0.25) is 0 Å². The van der Waals surface area contributed by atoms with Crippen LogP contribution in [0.4, 0.5) is 0 Å². The van der Waals surface area contributed by atoms with E-state index in [1.165, 1.54) is 186 Å². The summed E-state index contributed by atoms with van der Waals surface area (Å²) in [5.74, 6) is 0. The number of hydrogen-bond acceptors (Lipinski definition) is 2. The van der Waals surface area contributed by atoms with E-state index in [-0.39, 0.29) is 0 Å². The van der Waals surface area contributed by atoms with E-state index in [1.54, 1.807) is 0 Å². The van der Waals surface area contributed by atoms with Gasteiger partial charge in [0.1, 0.15) is 6.17 Å². The largest absolute Gasteiger partial charge is 0.356 e. The molecule has 0 saturated carbocycles. The molecule has 0 radical (unpaired) electrons. The van der Waals surface area contributed by atoms with Gasteiger partial charge < -0.3 is 9.80 Å². The van der Waals surface area contributed by atoms with E-state index in [1.807, 2.05) is 0 Å². The van der Waals surface area contributed by atoms with Crippen molar-refractivity contribution in [1.29, 1.82) is 0 Å². The lowest BCUT2D eigenvalue weighted by atomic mass is 10.0. The highest BCUT2D eigenvalue weighted by Gasteiger charge is 2.24. The molecule has 2 nitrogen and oxygen atoms in total. The van der Waals surface area contributed by atoms with Crippen molar-refractivity contribution >= 4 is 0 Å². The Morgan fingerprint density at radius 1 is 0.351 bits per heavy atom. The minimum Gasteiger partial charge on any atom is -0.356 e. The molecule has 1 atom stereocenters. The van der Waals surface area contributed by atoms with Crippen LogP contribution in [-0.4, -0.2) is 29.1 Å². The zero-order valence-electron chi connectivity index (χ0n) is 26.1. The molecule has 1 aliphatic heterocycles. The standard InChI is InChI=1S/C35H70N2/c1-4-7-10-12-14-16-17-18-19-20-22-24-26-29-32-37-34-33-36(31-28-9-6-3)35(37)30-27-25-23-21-15-13-11-8-5-2/h33-35H,4-32H2,1-3H3. The first-order valence-electron chi connectivity index (χ1n) is 17.5. The topological polar surface area (TPSA) is 6.48 Å². The van der Waals surface area contributed by atoms with Gasteiger partial charge in [-0.2, -0.15) is 0 Å². The molecule has 1 unspecified atom stereocenters. The molecule has 1 heterocycles. The van der Waals surface area contributed by atoms with Gasteiger partial charge in [-0.25, -0.2) is 0 Å². The Bertz CT molecular complexity index is 474. The predicted octanol–water partition coefficient (Wildman–Crippen LogP) is 12.0. The quantitative estimate of drug-likeness (QED) is 0.0908. The average molecular weight is 519 g/mol. The zero-order chi connectivity index (χ0) is 26.7. The van der Waals surface area contributed by atoms with Crippen molar-refractivity contribution in [2.45, 2.75) is 200 Å². The second kappa shape index (κ2) is 26.9. The van der Waals surface area contributed by atoms with Crippen LogP contribution in [0.3, 0.4) is 0 Å². The molecule has 0 aromatic heterocycles. The SMILES string of the molecule is CCCCCCCCCCCCCCCCN1C=CN(CCCCC)C1CCCCCCCCCCC. The van der Waals surface area contributed by atoms with Gasteiger partial charge in [0.25, 0.3) is 0 Å². The summed E-state index contributed by atoms with van der Waals surface area (Å²) < 4.78 is 0. The molecule has 0 saturated heterocycles. The molecular weight excluding hydrogens is 448 g/mol. The van der Waals surface area contributed by atoms with Crippen LogP contribution in [-0.2, 0) is 0 Å². The van der Waals surface area contributed by atoms with Crippen molar-refractivity contribution in [3.05, 3.63) is 12.4 Å². The monoisotopic (exact) mass is 519 g/mol. The van der Waals surface area contributed by atoms with Crippen LogP contribution in [0.5, 0.6) is 0 Å². The van der Waals surface area contributed by atoms with E-state index >= 15 is 0 Å². The summed E-state index contributed by atoms with van der Waals surface area (Å²) in [6.45, 7) is 9.46. The van der Waals surface area contributed by atoms with Gasteiger partial charge in [-0.1, -0.05) is 168 Å². The zero-order valence-corrected chi connectivity index (χ0v) is 26.1. The van der Waals surface area contributed by atoms with E-state index in [0.29, 0.717) is 6.17 Å². The van der Waals surface area contributed by atoms with E-state index in [4.69, 9.17) is 0 Å². The maximum atomic E-state index is 2.69. The van der Waals surface area contributed by atoms with E-state index in [9.17, 15) is 0 Å². The minimum absolute atomic E-state index is 0.642. The highest BCUT2D eigenvalue weighted by atomic mass is 15.4. The lowest BCUT2D eigenvalue weighted by molar-refractivity contribution is 0.135. The van der Waals surface area contributed by atoms with Crippen molar-refractivity contribution in [2.24, 2.45) is 0 Å². The van der Waals surface area contributed by atoms with Crippen molar-refractivity contribution in [3.8, 4) is 0 Å². The minimum atomic E-state index is 0.642. The van der Waals surface area contributed by atoms with Crippen LogP contribution in [0.25, 0.3) is 0 Å². The lowest BCUT2D eigenvalue weighted by Crippen LogP contribution is -2.39. The smallest absolute Gasteiger partial charge is 0.101 e. The normalized spacial score (nSPS) is 15.4. The Morgan fingerprint density at radius 3 is 1.00 bits per heavy atom. The van der Waals surface area contributed by atoms with E-state index < -0.39 is 0 Å². The molecule has 0 bridgehead atoms. The van der Waals surface area contributed by atoms with Crippen molar-refractivity contribution in [1.82, 2.24) is 9.80 Å². The summed E-state index contributed by atoms with van der Waals surface area (Å²) in [4.78, 5) is 5.36. The fourth-order valence-corrected chi connectivity index (χ4v) is 6.01. The molecule has 37 heavy (non-hydrogen) atoms. The molecule has 0 N–H and O–H groups in total. The summed E-state index contributed by atoms with van der Waals surface area (Å²) >= 11 is 0. The summed E-state index contributed by atoms with van der Waals surface area (Å²) in [6, 6.07) is 0. The van der Waals surface area contributed by atoms with E-state index in [0.717, 1.165) is 0 Å². The molecule has 0 aliphatic carbocycles. The van der Waals surface area contributed by atoms with Crippen LogP contribution in [0.2, 0.25) is 0 Å². The number of rotatable bonds is 29. The Kier molecular flexibility index (Phi) is 25.0. The third-order valence-corrected chi connectivity index (χ3v) is 8.57. The predicted molar refractivity (Wildman–Crippen MR) is 168 cm³/mol. The van der Waals surface area contributed by atoms with Crippen LogP contribution in [0, 0.1) is 0 Å². The van der Waals surface area contributed by atoms with Crippen LogP contribution >= 0.6 is 0 Å². The van der Waals surface area contributed by atoms with Crippen molar-refractivity contribution < 1.29 is 0 Å². The maximum absolute atomic E-state index is 2.69. The first kappa shape index (κ1) is 34.4. The fourth-order valence-electron chi connectivity index (χ4n) is 6.01. The molecule has 0 spiro atoms. The number of unbranched alkanes of at least 4 members (excludes halogenated alkanes) is 23. The first-order chi connectivity index (χ1) is 18.3. The van der Waals surface area contributed by atoms with Gasteiger partial charge in [0.15, 0.2) is 0 Å². The summed E-state index contributed by atoms with van der Waals surface area (Å²) in [5, 5.41) is 0. The highest BCUT2D eigenvalue weighted by molar-refractivity contribution is 4.97. The number of nitrogens with zero attached hydrogens (tertiary/aromatic N) is 2. The van der Waals surface area contributed by atoms with E-state index in [2.05, 4.69) is 43.0 Å². The number of hydrogen-bond donors (Lipinski definition) is 0. The highest BCUT2D eigenvalue weighted by Crippen LogP contribution is 2.24. The maximum Gasteiger partial charge on any atom is 0.101 e. The first-order valence-corrected chi connectivity index (χ1v) is 17.5. The summed E-state index contributed by atoms with van der Waals surface area (Å²) in [6.07, 6.45) is 44.0. The molecule has 0 amide bonds. The van der Waals surface area contributed by atoms with Gasteiger partial charge in [-0.3, -0.25) is 0 Å². The van der Waals surface area contributed by atoms with Crippen LogP contribution in [0.1, 0.15) is 194 Å². The van der Waals surface area contributed by atoms with Crippen LogP contribution in [0.15, 0.2) is 12.4 Å². The molecule has 2 heteroatoms. The summed E-state index contributed by atoms with van der Waals surface area (Å²) in [7, 11) is 0. The molecule has 0 fully saturated rings. The van der Waals surface area contributed by atoms with Gasteiger partial charge in [-0.05, 0) is 25.7 Å². The third-order valence-electron chi connectivity index (χ3n) is 8.57. The molecule has 0 aromatic rings. The molecular formula is C35H70N2. The van der Waals surface area contributed by atoms with Crippen molar-refractivity contribution in [2.75, 3.05) is 13.1 Å². The summed E-state index contributed by atoms with van der Waals surface area (Å²) in [5.41, 5.74) is 0.